The van der Waals surface area contributed by atoms with E-state index in [0.29, 0.717) is 6.54 Å². The number of hydrogen-bond donors (Lipinski definition) is 3. The first-order valence-electron chi connectivity index (χ1n) is 5.57. The Hall–Kier alpha value is -1.30. The molecule has 0 aromatic heterocycles. The third-order valence-electron chi connectivity index (χ3n) is 2.49. The number of carbonyl (C=O) groups excluding carboxylic acids is 1. The van der Waals surface area contributed by atoms with Gasteiger partial charge >= 0.3 is 5.97 Å². The second-order valence-electron chi connectivity index (χ2n) is 4.21. The molecular formula is C12H14Cl2N2O3. The highest BCUT2D eigenvalue weighted by atomic mass is 35.5. The maximum absolute atomic E-state index is 11.7. The zero-order valence-corrected chi connectivity index (χ0v) is 11.8. The second kappa shape index (κ2) is 6.75. The van der Waals surface area contributed by atoms with Gasteiger partial charge in [0.15, 0.2) is 0 Å². The summed E-state index contributed by atoms with van der Waals surface area (Å²) in [5, 5.41) is 11.6. The maximum Gasteiger partial charge on any atom is 0.335 e. The molecule has 0 heterocycles. The number of rotatable bonds is 5. The SMILES string of the molecule is CC(CN)CC(=O)Nc1c(Cl)cc(C(=O)O)cc1Cl. The molecule has 7 heteroatoms. The number of carboxylic acid groups (broad SMARTS) is 1. The summed E-state index contributed by atoms with van der Waals surface area (Å²) in [5.74, 6) is -1.38. The molecule has 1 aromatic rings. The van der Waals surface area contributed by atoms with Crippen molar-refractivity contribution in [3.05, 3.63) is 27.7 Å². The Kier molecular flexibility index (Phi) is 5.60. The van der Waals surface area contributed by atoms with E-state index in [1.807, 2.05) is 6.92 Å². The summed E-state index contributed by atoms with van der Waals surface area (Å²) in [6, 6.07) is 2.47. The molecule has 1 amide bonds. The van der Waals surface area contributed by atoms with Crippen LogP contribution in [0.3, 0.4) is 0 Å². The molecule has 0 bridgehead atoms. The van der Waals surface area contributed by atoms with Crippen LogP contribution >= 0.6 is 23.2 Å². The van der Waals surface area contributed by atoms with Crippen LogP contribution in [0.15, 0.2) is 12.1 Å². The fourth-order valence-electron chi connectivity index (χ4n) is 1.41. The standard InChI is InChI=1S/C12H14Cl2N2O3/c1-6(5-15)2-10(17)16-11-8(13)3-7(12(18)19)4-9(11)14/h3-4,6H,2,5,15H2,1H3,(H,16,17)(H,18,19). The summed E-state index contributed by atoms with van der Waals surface area (Å²) in [7, 11) is 0. The van der Waals surface area contributed by atoms with Gasteiger partial charge in [0.2, 0.25) is 5.91 Å². The van der Waals surface area contributed by atoms with Gasteiger partial charge < -0.3 is 16.2 Å². The molecule has 0 saturated carbocycles. The normalized spacial score (nSPS) is 12.0. The predicted octanol–water partition coefficient (Wildman–Crippen LogP) is 2.62. The summed E-state index contributed by atoms with van der Waals surface area (Å²) < 4.78 is 0. The Morgan fingerprint density at radius 2 is 1.89 bits per heavy atom. The van der Waals surface area contributed by atoms with Crippen molar-refractivity contribution in [2.24, 2.45) is 11.7 Å². The van der Waals surface area contributed by atoms with Gasteiger partial charge in [-0.2, -0.15) is 0 Å². The number of carbonyl (C=O) groups is 2. The first kappa shape index (κ1) is 15.8. The summed E-state index contributed by atoms with van der Waals surface area (Å²) >= 11 is 11.8. The zero-order chi connectivity index (χ0) is 14.6. The van der Waals surface area contributed by atoms with Gasteiger partial charge in [-0.05, 0) is 24.6 Å². The van der Waals surface area contributed by atoms with Gasteiger partial charge in [-0.3, -0.25) is 4.79 Å². The molecule has 0 radical (unpaired) electrons. The van der Waals surface area contributed by atoms with Crippen LogP contribution in [0.5, 0.6) is 0 Å². The molecule has 0 aliphatic rings. The quantitative estimate of drug-likeness (QED) is 0.779. The summed E-state index contributed by atoms with van der Waals surface area (Å²) in [4.78, 5) is 22.5. The van der Waals surface area contributed by atoms with Crippen molar-refractivity contribution in [1.82, 2.24) is 0 Å². The Labute approximate surface area is 120 Å². The molecule has 5 nitrogen and oxygen atoms in total. The van der Waals surface area contributed by atoms with Crippen LogP contribution in [0.2, 0.25) is 10.0 Å². The van der Waals surface area contributed by atoms with Gasteiger partial charge in [0.05, 0.1) is 21.3 Å². The van der Waals surface area contributed by atoms with Crippen LogP contribution in [0, 0.1) is 5.92 Å². The fourth-order valence-corrected chi connectivity index (χ4v) is 1.99. The number of benzene rings is 1. The van der Waals surface area contributed by atoms with Crippen LogP contribution < -0.4 is 11.1 Å². The smallest absolute Gasteiger partial charge is 0.335 e. The number of nitrogens with two attached hydrogens (primary N) is 1. The average molecular weight is 305 g/mol. The van der Waals surface area contributed by atoms with Gasteiger partial charge in [0, 0.05) is 6.42 Å². The monoisotopic (exact) mass is 304 g/mol. The van der Waals surface area contributed by atoms with Crippen molar-refractivity contribution in [3.63, 3.8) is 0 Å². The van der Waals surface area contributed by atoms with Crippen molar-refractivity contribution in [2.75, 3.05) is 11.9 Å². The van der Waals surface area contributed by atoms with E-state index < -0.39 is 5.97 Å². The Balaban J connectivity index is 2.90. The topological polar surface area (TPSA) is 92.4 Å². The lowest BCUT2D eigenvalue weighted by Gasteiger charge is -2.12. The Bertz CT molecular complexity index is 483. The van der Waals surface area contributed by atoms with Crippen molar-refractivity contribution in [2.45, 2.75) is 13.3 Å². The number of nitrogens with one attached hydrogen (secondary N) is 1. The highest BCUT2D eigenvalue weighted by Gasteiger charge is 2.15. The minimum absolute atomic E-state index is 0.0378. The number of hydrogen-bond acceptors (Lipinski definition) is 3. The minimum atomic E-state index is -1.14. The molecule has 1 unspecified atom stereocenters. The van der Waals surface area contributed by atoms with E-state index in [9.17, 15) is 9.59 Å². The summed E-state index contributed by atoms with van der Waals surface area (Å²) in [6.07, 6.45) is 0.240. The Morgan fingerprint density at radius 3 is 2.32 bits per heavy atom. The third-order valence-corrected chi connectivity index (χ3v) is 3.09. The third kappa shape index (κ3) is 4.38. The lowest BCUT2D eigenvalue weighted by Crippen LogP contribution is -2.20. The molecule has 1 aromatic carbocycles. The lowest BCUT2D eigenvalue weighted by atomic mass is 10.1. The van der Waals surface area contributed by atoms with E-state index in [-0.39, 0.29) is 39.5 Å². The number of amides is 1. The number of carboxylic acids is 1. The van der Waals surface area contributed by atoms with Gasteiger partial charge in [-0.25, -0.2) is 4.79 Å². The van der Waals surface area contributed by atoms with Crippen molar-refractivity contribution >= 4 is 40.8 Å². The predicted molar refractivity (Wildman–Crippen MR) is 74.9 cm³/mol. The molecular weight excluding hydrogens is 291 g/mol. The lowest BCUT2D eigenvalue weighted by molar-refractivity contribution is -0.116. The van der Waals surface area contributed by atoms with Crippen LogP contribution in [0.25, 0.3) is 0 Å². The summed E-state index contributed by atoms with van der Waals surface area (Å²) in [5.41, 5.74) is 5.60. The fraction of sp³-hybridized carbons (Fsp3) is 0.333. The molecule has 0 fully saturated rings. The molecule has 0 saturated heterocycles. The van der Waals surface area contributed by atoms with Crippen LogP contribution in [0.1, 0.15) is 23.7 Å². The molecule has 19 heavy (non-hydrogen) atoms. The largest absolute Gasteiger partial charge is 0.478 e. The van der Waals surface area contributed by atoms with E-state index in [1.54, 1.807) is 0 Å². The summed E-state index contributed by atoms with van der Waals surface area (Å²) in [6.45, 7) is 2.24. The van der Waals surface area contributed by atoms with Gasteiger partial charge in [0.25, 0.3) is 0 Å². The molecule has 0 aliphatic carbocycles. The molecule has 4 N–H and O–H groups in total. The van der Waals surface area contributed by atoms with Crippen molar-refractivity contribution in [3.8, 4) is 0 Å². The van der Waals surface area contributed by atoms with Crippen molar-refractivity contribution in [1.29, 1.82) is 0 Å². The Morgan fingerprint density at radius 1 is 1.37 bits per heavy atom. The highest BCUT2D eigenvalue weighted by molar-refractivity contribution is 6.40. The van der Waals surface area contributed by atoms with Gasteiger partial charge in [0.1, 0.15) is 0 Å². The van der Waals surface area contributed by atoms with Crippen LogP contribution in [-0.2, 0) is 4.79 Å². The first-order valence-corrected chi connectivity index (χ1v) is 6.33. The second-order valence-corrected chi connectivity index (χ2v) is 5.03. The number of halogens is 2. The van der Waals surface area contributed by atoms with E-state index in [4.69, 9.17) is 34.0 Å². The zero-order valence-electron chi connectivity index (χ0n) is 10.2. The number of anilines is 1. The van der Waals surface area contributed by atoms with E-state index >= 15 is 0 Å². The maximum atomic E-state index is 11.7. The van der Waals surface area contributed by atoms with Crippen molar-refractivity contribution < 1.29 is 14.7 Å². The number of aromatic carboxylic acids is 1. The highest BCUT2D eigenvalue weighted by Crippen LogP contribution is 2.32. The van der Waals surface area contributed by atoms with Crippen LogP contribution in [-0.4, -0.2) is 23.5 Å². The molecule has 1 rings (SSSR count). The van der Waals surface area contributed by atoms with E-state index in [0.717, 1.165) is 0 Å². The average Bonchev–Trinajstić information content (AvgIpc) is 2.33. The van der Waals surface area contributed by atoms with Gasteiger partial charge in [-0.15, -0.1) is 0 Å². The van der Waals surface area contributed by atoms with Gasteiger partial charge in [-0.1, -0.05) is 30.1 Å². The van der Waals surface area contributed by atoms with E-state index in [1.165, 1.54) is 12.1 Å². The molecule has 0 spiro atoms. The molecule has 1 atom stereocenters. The minimum Gasteiger partial charge on any atom is -0.478 e. The first-order chi connectivity index (χ1) is 8.85. The van der Waals surface area contributed by atoms with E-state index in [2.05, 4.69) is 5.32 Å². The molecule has 104 valence electrons. The molecule has 0 aliphatic heterocycles. The van der Waals surface area contributed by atoms with Crippen LogP contribution in [0.4, 0.5) is 5.69 Å².